The lowest BCUT2D eigenvalue weighted by atomic mass is 9.99. The number of amides is 2. The molecular weight excluding hydrogens is 540 g/mol. The molecule has 0 saturated carbocycles. The molecule has 0 bridgehead atoms. The molecular formula is C35H36N4O2S. The molecule has 5 aromatic rings. The summed E-state index contributed by atoms with van der Waals surface area (Å²) in [5.41, 5.74) is 5.37. The molecule has 0 aliphatic heterocycles. The maximum atomic E-state index is 13.4. The van der Waals surface area contributed by atoms with Crippen LogP contribution in [-0.2, 0) is 19.5 Å². The first-order valence-corrected chi connectivity index (χ1v) is 15.2. The Labute approximate surface area is 251 Å². The Bertz CT molecular complexity index is 1610. The summed E-state index contributed by atoms with van der Waals surface area (Å²) < 4.78 is 2.11. The minimum absolute atomic E-state index is 0.0411. The highest BCUT2D eigenvalue weighted by Gasteiger charge is 2.21. The third-order valence-corrected chi connectivity index (χ3v) is 8.15. The second kappa shape index (κ2) is 13.9. The van der Waals surface area contributed by atoms with Crippen molar-refractivity contribution in [1.82, 2.24) is 19.8 Å². The Kier molecular flexibility index (Phi) is 9.62. The highest BCUT2D eigenvalue weighted by Crippen LogP contribution is 2.21. The fourth-order valence-electron chi connectivity index (χ4n) is 5.10. The van der Waals surface area contributed by atoms with E-state index in [0.29, 0.717) is 31.7 Å². The summed E-state index contributed by atoms with van der Waals surface area (Å²) in [4.78, 5) is 33.3. The number of benzene rings is 3. The molecule has 3 aromatic carbocycles. The highest BCUT2D eigenvalue weighted by molar-refractivity contribution is 7.09. The molecule has 2 heterocycles. The van der Waals surface area contributed by atoms with E-state index in [1.54, 1.807) is 0 Å². The number of carbonyl (C=O) groups is 2. The van der Waals surface area contributed by atoms with Gasteiger partial charge in [-0.25, -0.2) is 4.98 Å². The zero-order chi connectivity index (χ0) is 29.3. The molecule has 1 atom stereocenters. The number of rotatable bonds is 12. The molecule has 0 aliphatic rings. The number of nitrogens with one attached hydrogen (secondary N) is 1. The van der Waals surface area contributed by atoms with Crippen molar-refractivity contribution in [1.29, 1.82) is 0 Å². The standard InChI is InChI=1S/C35H36N4O2S/c1-3-20-39(35(41)30-19-11-10-13-26(30)2)23-29-18-12-21-38(29)24-33-36-32(25-42-33)34(40)37-31(28-16-8-5-9-17-28)22-27-14-6-4-7-15-27/h4-19,21,25,31H,3,20,22-24H2,1-2H3,(H,37,40). The van der Waals surface area contributed by atoms with Gasteiger partial charge in [0.1, 0.15) is 10.7 Å². The van der Waals surface area contributed by atoms with E-state index in [4.69, 9.17) is 4.98 Å². The van der Waals surface area contributed by atoms with Crippen molar-refractivity contribution in [2.24, 2.45) is 0 Å². The van der Waals surface area contributed by atoms with Gasteiger partial charge in [-0.15, -0.1) is 11.3 Å². The van der Waals surface area contributed by atoms with E-state index in [2.05, 4.69) is 28.9 Å². The van der Waals surface area contributed by atoms with Crippen LogP contribution in [0.4, 0.5) is 0 Å². The Morgan fingerprint density at radius 2 is 1.64 bits per heavy atom. The third kappa shape index (κ3) is 7.22. The maximum Gasteiger partial charge on any atom is 0.271 e. The van der Waals surface area contributed by atoms with Gasteiger partial charge < -0.3 is 14.8 Å². The minimum Gasteiger partial charge on any atom is -0.344 e. The van der Waals surface area contributed by atoms with Crippen LogP contribution in [-0.4, -0.2) is 32.8 Å². The fraction of sp³-hybridized carbons (Fsp3) is 0.229. The van der Waals surface area contributed by atoms with Crippen LogP contribution < -0.4 is 5.32 Å². The Morgan fingerprint density at radius 3 is 2.38 bits per heavy atom. The summed E-state index contributed by atoms with van der Waals surface area (Å²) in [6.45, 7) is 5.77. The van der Waals surface area contributed by atoms with Gasteiger partial charge in [-0.1, -0.05) is 85.8 Å². The van der Waals surface area contributed by atoms with Gasteiger partial charge in [-0.05, 0) is 54.7 Å². The first-order valence-electron chi connectivity index (χ1n) is 14.3. The molecule has 0 saturated heterocycles. The van der Waals surface area contributed by atoms with Crippen LogP contribution in [0, 0.1) is 6.92 Å². The summed E-state index contributed by atoms with van der Waals surface area (Å²) in [7, 11) is 0. The van der Waals surface area contributed by atoms with Crippen molar-refractivity contribution in [3.8, 4) is 0 Å². The molecule has 0 radical (unpaired) electrons. The van der Waals surface area contributed by atoms with Crippen LogP contribution >= 0.6 is 11.3 Å². The van der Waals surface area contributed by atoms with E-state index >= 15 is 0 Å². The Hall–Kier alpha value is -4.49. The maximum absolute atomic E-state index is 13.4. The molecule has 2 aromatic heterocycles. The van der Waals surface area contributed by atoms with E-state index in [1.807, 2.05) is 108 Å². The number of hydrogen-bond acceptors (Lipinski definition) is 4. The largest absolute Gasteiger partial charge is 0.344 e. The van der Waals surface area contributed by atoms with Gasteiger partial charge in [0.05, 0.1) is 19.1 Å². The van der Waals surface area contributed by atoms with Crippen LogP contribution in [0.25, 0.3) is 0 Å². The molecule has 6 nitrogen and oxygen atoms in total. The third-order valence-electron chi connectivity index (χ3n) is 7.31. The zero-order valence-electron chi connectivity index (χ0n) is 24.1. The molecule has 1 unspecified atom stereocenters. The highest BCUT2D eigenvalue weighted by atomic mass is 32.1. The summed E-state index contributed by atoms with van der Waals surface area (Å²) in [6, 6.07) is 31.8. The van der Waals surface area contributed by atoms with Crippen molar-refractivity contribution in [2.75, 3.05) is 6.54 Å². The molecule has 5 rings (SSSR count). The van der Waals surface area contributed by atoms with Crippen LogP contribution in [0.1, 0.15) is 67.6 Å². The molecule has 2 amide bonds. The number of thiazole rings is 1. The van der Waals surface area contributed by atoms with E-state index < -0.39 is 0 Å². The first kappa shape index (κ1) is 29.0. The summed E-state index contributed by atoms with van der Waals surface area (Å²) in [5, 5.41) is 5.87. The lowest BCUT2D eigenvalue weighted by Gasteiger charge is -2.24. The van der Waals surface area contributed by atoms with Gasteiger partial charge in [-0.3, -0.25) is 9.59 Å². The molecule has 42 heavy (non-hydrogen) atoms. The van der Waals surface area contributed by atoms with Crippen LogP contribution in [0.3, 0.4) is 0 Å². The van der Waals surface area contributed by atoms with Crippen LogP contribution in [0.5, 0.6) is 0 Å². The van der Waals surface area contributed by atoms with Crippen molar-refractivity contribution in [3.05, 3.63) is 147 Å². The predicted molar refractivity (Wildman–Crippen MR) is 169 cm³/mol. The second-order valence-corrected chi connectivity index (χ2v) is 11.4. The molecule has 0 aliphatic carbocycles. The lowest BCUT2D eigenvalue weighted by molar-refractivity contribution is 0.0738. The average Bonchev–Trinajstić information content (AvgIpc) is 3.67. The van der Waals surface area contributed by atoms with Gasteiger partial charge in [0, 0.05) is 29.4 Å². The van der Waals surface area contributed by atoms with Crippen molar-refractivity contribution in [3.63, 3.8) is 0 Å². The van der Waals surface area contributed by atoms with E-state index in [1.165, 1.54) is 11.3 Å². The molecule has 214 valence electrons. The number of nitrogens with zero attached hydrogens (tertiary/aromatic N) is 3. The number of hydrogen-bond donors (Lipinski definition) is 1. The number of aromatic nitrogens is 2. The van der Waals surface area contributed by atoms with Crippen molar-refractivity contribution in [2.45, 2.75) is 45.8 Å². The second-order valence-electron chi connectivity index (χ2n) is 10.4. The average molecular weight is 577 g/mol. The minimum atomic E-state index is -0.187. The molecule has 0 fully saturated rings. The number of carbonyl (C=O) groups excluding carboxylic acids is 2. The van der Waals surface area contributed by atoms with Gasteiger partial charge >= 0.3 is 0 Å². The lowest BCUT2D eigenvalue weighted by Crippen LogP contribution is -2.32. The molecule has 1 N–H and O–H groups in total. The van der Waals surface area contributed by atoms with E-state index in [9.17, 15) is 9.59 Å². The quantitative estimate of drug-likeness (QED) is 0.173. The van der Waals surface area contributed by atoms with Gasteiger partial charge in [0.15, 0.2) is 0 Å². The molecule has 0 spiro atoms. The smallest absolute Gasteiger partial charge is 0.271 e. The fourth-order valence-corrected chi connectivity index (χ4v) is 5.87. The topological polar surface area (TPSA) is 67.2 Å². The van der Waals surface area contributed by atoms with E-state index in [0.717, 1.165) is 39.4 Å². The van der Waals surface area contributed by atoms with Gasteiger partial charge in [-0.2, -0.15) is 0 Å². The summed E-state index contributed by atoms with van der Waals surface area (Å²) in [5.74, 6) is -0.146. The Balaban J connectivity index is 1.28. The van der Waals surface area contributed by atoms with Crippen LogP contribution in [0.15, 0.2) is 109 Å². The normalized spacial score (nSPS) is 11.7. The summed E-state index contributed by atoms with van der Waals surface area (Å²) in [6.07, 6.45) is 3.57. The van der Waals surface area contributed by atoms with Gasteiger partial charge in [0.25, 0.3) is 11.8 Å². The monoisotopic (exact) mass is 576 g/mol. The predicted octanol–water partition coefficient (Wildman–Crippen LogP) is 7.07. The summed E-state index contributed by atoms with van der Waals surface area (Å²) >= 11 is 1.47. The van der Waals surface area contributed by atoms with Crippen molar-refractivity contribution < 1.29 is 9.59 Å². The Morgan fingerprint density at radius 1 is 0.929 bits per heavy atom. The SMILES string of the molecule is CCCN(Cc1cccn1Cc1nc(C(=O)NC(Cc2ccccc2)c2ccccc2)cs1)C(=O)c1ccccc1C. The van der Waals surface area contributed by atoms with Gasteiger partial charge in [0.2, 0.25) is 0 Å². The first-order chi connectivity index (χ1) is 20.5. The zero-order valence-corrected chi connectivity index (χ0v) is 24.9. The van der Waals surface area contributed by atoms with Crippen LogP contribution in [0.2, 0.25) is 0 Å². The molecule has 7 heteroatoms. The number of aryl methyl sites for hydroxylation is 1. The van der Waals surface area contributed by atoms with E-state index in [-0.39, 0.29) is 17.9 Å². The van der Waals surface area contributed by atoms with Crippen molar-refractivity contribution >= 4 is 23.2 Å².